The van der Waals surface area contributed by atoms with Gasteiger partial charge in [-0.05, 0) is 46.6 Å². The Morgan fingerprint density at radius 3 is 2.58 bits per heavy atom. The number of carbonyl (C=O) groups excluding carboxylic acids is 2. The number of benzene rings is 2. The summed E-state index contributed by atoms with van der Waals surface area (Å²) in [6.07, 6.45) is 0. The van der Waals surface area contributed by atoms with Crippen molar-refractivity contribution >= 4 is 39.2 Å². The van der Waals surface area contributed by atoms with Crippen LogP contribution in [0, 0.1) is 17.0 Å². The van der Waals surface area contributed by atoms with Crippen molar-refractivity contribution in [2.75, 3.05) is 19.0 Å². The van der Waals surface area contributed by atoms with Gasteiger partial charge in [0, 0.05) is 12.1 Å². The minimum atomic E-state index is -0.536. The molecule has 0 saturated carbocycles. The molecule has 0 aliphatic carbocycles. The van der Waals surface area contributed by atoms with Crippen LogP contribution in [-0.4, -0.2) is 30.5 Å². The molecule has 1 N–H and O–H groups in total. The van der Waals surface area contributed by atoms with E-state index in [0.717, 1.165) is 0 Å². The number of hydrogen-bond donors (Lipinski definition) is 1. The molecule has 9 heteroatoms. The van der Waals surface area contributed by atoms with Gasteiger partial charge in [-0.15, -0.1) is 0 Å². The summed E-state index contributed by atoms with van der Waals surface area (Å²) in [5.74, 6) is -0.600. The van der Waals surface area contributed by atoms with Crippen LogP contribution in [0.15, 0.2) is 40.9 Å². The Hall–Kier alpha value is -2.94. The molecule has 0 fully saturated rings. The second kappa shape index (κ2) is 8.43. The predicted molar refractivity (Wildman–Crippen MR) is 97.4 cm³/mol. The monoisotopic (exact) mass is 422 g/mol. The molecule has 0 saturated heterocycles. The molecule has 0 spiro atoms. The third-order valence-electron chi connectivity index (χ3n) is 3.42. The first-order valence-corrected chi connectivity index (χ1v) is 8.16. The van der Waals surface area contributed by atoms with E-state index in [1.807, 2.05) is 0 Å². The number of ether oxygens (including phenoxy) is 2. The molecule has 0 atom stereocenters. The number of non-ortho nitro benzene ring substituents is 1. The second-order valence-corrected chi connectivity index (χ2v) is 6.08. The Morgan fingerprint density at radius 1 is 1.23 bits per heavy atom. The second-order valence-electron chi connectivity index (χ2n) is 5.23. The van der Waals surface area contributed by atoms with E-state index in [-0.39, 0.29) is 12.3 Å². The van der Waals surface area contributed by atoms with Crippen molar-refractivity contribution in [3.63, 3.8) is 0 Å². The van der Waals surface area contributed by atoms with E-state index in [4.69, 9.17) is 4.74 Å². The number of hydrogen-bond acceptors (Lipinski definition) is 6. The summed E-state index contributed by atoms with van der Waals surface area (Å²) >= 11 is 3.26. The molecule has 8 nitrogen and oxygen atoms in total. The van der Waals surface area contributed by atoms with Crippen LogP contribution >= 0.6 is 15.9 Å². The van der Waals surface area contributed by atoms with Crippen LogP contribution in [0.5, 0.6) is 5.75 Å². The Morgan fingerprint density at radius 2 is 1.96 bits per heavy atom. The highest BCUT2D eigenvalue weighted by Crippen LogP contribution is 2.26. The number of rotatable bonds is 6. The third kappa shape index (κ3) is 4.79. The van der Waals surface area contributed by atoms with Crippen molar-refractivity contribution in [2.24, 2.45) is 0 Å². The van der Waals surface area contributed by atoms with Gasteiger partial charge < -0.3 is 14.8 Å². The van der Waals surface area contributed by atoms with Gasteiger partial charge in [-0.25, -0.2) is 4.79 Å². The van der Waals surface area contributed by atoms with Crippen LogP contribution in [-0.2, 0) is 9.53 Å². The number of nitro groups is 1. The van der Waals surface area contributed by atoms with Crippen molar-refractivity contribution in [2.45, 2.75) is 6.92 Å². The van der Waals surface area contributed by atoms with E-state index in [2.05, 4.69) is 26.0 Å². The van der Waals surface area contributed by atoms with E-state index in [0.29, 0.717) is 27.0 Å². The third-order valence-corrected chi connectivity index (χ3v) is 4.04. The number of aryl methyl sites for hydroxylation is 1. The standard InChI is InChI=1S/C17H15BrN2O6/c1-10-3-5-12(20(23)24)8-14(10)19-16(21)9-26-15-6-4-11(7-13(15)18)17(22)25-2/h3-8H,9H2,1-2H3,(H,19,21). The first-order valence-electron chi connectivity index (χ1n) is 7.37. The molecule has 0 aromatic heterocycles. The number of nitrogens with zero attached hydrogens (tertiary/aromatic N) is 1. The molecule has 0 heterocycles. The summed E-state index contributed by atoms with van der Waals surface area (Å²) in [6.45, 7) is 1.42. The van der Waals surface area contributed by atoms with E-state index in [1.165, 1.54) is 37.4 Å². The Labute approximate surface area is 157 Å². The molecular formula is C17H15BrN2O6. The van der Waals surface area contributed by atoms with Crippen molar-refractivity contribution in [1.82, 2.24) is 0 Å². The first-order chi connectivity index (χ1) is 12.3. The summed E-state index contributed by atoms with van der Waals surface area (Å²) in [7, 11) is 1.28. The zero-order chi connectivity index (χ0) is 19.3. The van der Waals surface area contributed by atoms with Crippen molar-refractivity contribution in [3.8, 4) is 5.75 Å². The van der Waals surface area contributed by atoms with E-state index < -0.39 is 16.8 Å². The minimum Gasteiger partial charge on any atom is -0.483 e. The number of nitrogens with one attached hydrogen (secondary N) is 1. The number of amides is 1. The van der Waals surface area contributed by atoms with Gasteiger partial charge in [0.15, 0.2) is 6.61 Å². The molecule has 26 heavy (non-hydrogen) atoms. The van der Waals surface area contributed by atoms with Crippen LogP contribution in [0.1, 0.15) is 15.9 Å². The smallest absolute Gasteiger partial charge is 0.337 e. The number of nitro benzene ring substituents is 1. The zero-order valence-electron chi connectivity index (χ0n) is 13.9. The molecule has 0 aliphatic heterocycles. The Balaban J connectivity index is 2.02. The minimum absolute atomic E-state index is 0.118. The lowest BCUT2D eigenvalue weighted by Crippen LogP contribution is -2.21. The predicted octanol–water partition coefficient (Wildman–Crippen LogP) is 3.47. The molecule has 2 aromatic carbocycles. The van der Waals surface area contributed by atoms with Crippen LogP contribution in [0.2, 0.25) is 0 Å². The largest absolute Gasteiger partial charge is 0.483 e. The average Bonchev–Trinajstić information content (AvgIpc) is 2.61. The molecule has 136 valence electrons. The number of methoxy groups -OCH3 is 1. The lowest BCUT2D eigenvalue weighted by atomic mass is 10.2. The normalized spacial score (nSPS) is 10.1. The highest BCUT2D eigenvalue weighted by atomic mass is 79.9. The lowest BCUT2D eigenvalue weighted by molar-refractivity contribution is -0.384. The van der Waals surface area contributed by atoms with Crippen LogP contribution in [0.3, 0.4) is 0 Å². The maximum atomic E-state index is 12.1. The van der Waals surface area contributed by atoms with Gasteiger partial charge in [-0.3, -0.25) is 14.9 Å². The first kappa shape index (κ1) is 19.4. The fraction of sp³-hybridized carbons (Fsp3) is 0.176. The number of esters is 1. The maximum Gasteiger partial charge on any atom is 0.337 e. The molecule has 1 amide bonds. The summed E-state index contributed by atoms with van der Waals surface area (Å²) in [4.78, 5) is 33.8. The Kier molecular flexibility index (Phi) is 6.29. The molecule has 2 aromatic rings. The van der Waals surface area contributed by atoms with Gasteiger partial charge in [0.1, 0.15) is 5.75 Å². The van der Waals surface area contributed by atoms with Gasteiger partial charge >= 0.3 is 5.97 Å². The maximum absolute atomic E-state index is 12.1. The van der Waals surface area contributed by atoms with Crippen LogP contribution in [0.4, 0.5) is 11.4 Å². The molecule has 0 bridgehead atoms. The van der Waals surface area contributed by atoms with E-state index >= 15 is 0 Å². The fourth-order valence-electron chi connectivity index (χ4n) is 2.05. The Bertz CT molecular complexity index is 868. The zero-order valence-corrected chi connectivity index (χ0v) is 15.5. The van der Waals surface area contributed by atoms with Crippen LogP contribution in [0.25, 0.3) is 0 Å². The van der Waals surface area contributed by atoms with Crippen molar-refractivity contribution in [3.05, 3.63) is 62.1 Å². The molecule has 0 radical (unpaired) electrons. The molecule has 2 rings (SSSR count). The van der Waals surface area contributed by atoms with Crippen molar-refractivity contribution < 1.29 is 24.0 Å². The number of halogens is 1. The van der Waals surface area contributed by atoms with Crippen molar-refractivity contribution in [1.29, 1.82) is 0 Å². The summed E-state index contributed by atoms with van der Waals surface area (Å²) < 4.78 is 10.5. The molecule has 0 unspecified atom stereocenters. The topological polar surface area (TPSA) is 108 Å². The van der Waals surface area contributed by atoms with Crippen LogP contribution < -0.4 is 10.1 Å². The van der Waals surface area contributed by atoms with Gasteiger partial charge in [-0.2, -0.15) is 0 Å². The van der Waals surface area contributed by atoms with Gasteiger partial charge in [0.2, 0.25) is 0 Å². The highest BCUT2D eigenvalue weighted by molar-refractivity contribution is 9.10. The summed E-state index contributed by atoms with van der Waals surface area (Å²) in [6, 6.07) is 8.76. The summed E-state index contributed by atoms with van der Waals surface area (Å²) in [5, 5.41) is 13.4. The van der Waals surface area contributed by atoms with Gasteiger partial charge in [0.25, 0.3) is 11.6 Å². The highest BCUT2D eigenvalue weighted by Gasteiger charge is 2.13. The SMILES string of the molecule is COC(=O)c1ccc(OCC(=O)Nc2cc([N+](=O)[O-])ccc2C)c(Br)c1. The lowest BCUT2D eigenvalue weighted by Gasteiger charge is -2.11. The summed E-state index contributed by atoms with van der Waals surface area (Å²) in [5.41, 5.74) is 1.25. The van der Waals surface area contributed by atoms with E-state index in [1.54, 1.807) is 13.0 Å². The average molecular weight is 423 g/mol. The number of carbonyl (C=O) groups is 2. The van der Waals surface area contributed by atoms with E-state index in [9.17, 15) is 19.7 Å². The molecular weight excluding hydrogens is 408 g/mol. The number of anilines is 1. The fourth-order valence-corrected chi connectivity index (χ4v) is 2.54. The van der Waals surface area contributed by atoms with Gasteiger partial charge in [0.05, 0.1) is 27.8 Å². The van der Waals surface area contributed by atoms with Gasteiger partial charge in [-0.1, -0.05) is 6.07 Å². The molecule has 0 aliphatic rings. The quantitative estimate of drug-likeness (QED) is 0.433.